The van der Waals surface area contributed by atoms with E-state index < -0.39 is 11.8 Å². The lowest BCUT2D eigenvalue weighted by atomic mass is 10.2. The molecule has 0 unspecified atom stereocenters. The van der Waals surface area contributed by atoms with Gasteiger partial charge >= 0.3 is 5.97 Å². The van der Waals surface area contributed by atoms with Gasteiger partial charge in [-0.15, -0.1) is 0 Å². The Labute approximate surface area is 88.4 Å². The molecule has 1 aromatic rings. The van der Waals surface area contributed by atoms with Crippen LogP contribution in [0.15, 0.2) is 4.60 Å². The Bertz CT molecular complexity index is 395. The fourth-order valence-electron chi connectivity index (χ4n) is 0.910. The predicted molar refractivity (Wildman–Crippen MR) is 52.4 cm³/mol. The Morgan fingerprint density at radius 2 is 2.21 bits per heavy atom. The number of nitrogens with two attached hydrogens (primary N) is 1. The fourth-order valence-corrected chi connectivity index (χ4v) is 1.38. The Hall–Kier alpha value is -1.17. The van der Waals surface area contributed by atoms with Gasteiger partial charge in [0.2, 0.25) is 0 Å². The number of rotatable bonds is 1. The lowest BCUT2D eigenvalue weighted by Crippen LogP contribution is -2.11. The molecule has 1 heterocycles. The summed E-state index contributed by atoms with van der Waals surface area (Å²) in [6.45, 7) is 1.46. The third-order valence-corrected chi connectivity index (χ3v) is 2.28. The summed E-state index contributed by atoms with van der Waals surface area (Å²) in [5.74, 6) is -1.26. The summed E-state index contributed by atoms with van der Waals surface area (Å²) in [5.41, 5.74) is 5.59. The van der Waals surface area contributed by atoms with E-state index in [4.69, 9.17) is 5.73 Å². The van der Waals surface area contributed by atoms with E-state index in [2.05, 4.69) is 25.7 Å². The van der Waals surface area contributed by atoms with Gasteiger partial charge in [0.05, 0.1) is 12.8 Å². The second kappa shape index (κ2) is 3.91. The van der Waals surface area contributed by atoms with Crippen molar-refractivity contribution in [3.63, 3.8) is 0 Å². The molecule has 6 heteroatoms. The molecule has 1 rings (SSSR count). The molecule has 0 amide bonds. The molecule has 0 fully saturated rings. The minimum absolute atomic E-state index is 0.00227. The predicted octanol–water partition coefficient (Wildman–Crippen LogP) is 1.66. The smallest absolute Gasteiger partial charge is 0.358 e. The average Bonchev–Trinajstić information content (AvgIpc) is 2.19. The van der Waals surface area contributed by atoms with Gasteiger partial charge in [0.15, 0.2) is 11.5 Å². The molecule has 4 nitrogen and oxygen atoms in total. The van der Waals surface area contributed by atoms with Crippen molar-refractivity contribution in [3.05, 3.63) is 21.7 Å². The van der Waals surface area contributed by atoms with Crippen LogP contribution in [-0.2, 0) is 4.74 Å². The van der Waals surface area contributed by atoms with Gasteiger partial charge in [0, 0.05) is 5.56 Å². The van der Waals surface area contributed by atoms with Gasteiger partial charge < -0.3 is 10.5 Å². The Balaban J connectivity index is 3.40. The molecule has 0 bridgehead atoms. The lowest BCUT2D eigenvalue weighted by Gasteiger charge is -2.07. The highest BCUT2D eigenvalue weighted by molar-refractivity contribution is 9.10. The van der Waals surface area contributed by atoms with Crippen LogP contribution in [0.1, 0.15) is 16.1 Å². The van der Waals surface area contributed by atoms with Gasteiger partial charge in [0.25, 0.3) is 0 Å². The van der Waals surface area contributed by atoms with Crippen LogP contribution in [0.3, 0.4) is 0 Å². The van der Waals surface area contributed by atoms with Crippen molar-refractivity contribution in [3.8, 4) is 0 Å². The Morgan fingerprint density at radius 1 is 1.64 bits per heavy atom. The van der Waals surface area contributed by atoms with Crippen LogP contribution < -0.4 is 5.73 Å². The molecule has 0 aliphatic heterocycles. The van der Waals surface area contributed by atoms with Crippen LogP contribution >= 0.6 is 15.9 Å². The van der Waals surface area contributed by atoms with E-state index in [0.717, 1.165) is 0 Å². The molecular formula is C8H8BrFN2O2. The number of nitrogens with zero attached hydrogens (tertiary/aromatic N) is 1. The van der Waals surface area contributed by atoms with Crippen molar-refractivity contribution in [2.75, 3.05) is 12.8 Å². The highest BCUT2D eigenvalue weighted by Crippen LogP contribution is 2.24. The number of hydrogen-bond acceptors (Lipinski definition) is 4. The maximum absolute atomic E-state index is 13.2. The Kier molecular flexibility index (Phi) is 3.05. The molecule has 0 saturated carbocycles. The number of nitrogen functional groups attached to an aromatic ring is 1. The largest absolute Gasteiger partial charge is 0.464 e. The number of ether oxygens (including phenoxy) is 1. The zero-order valence-electron chi connectivity index (χ0n) is 7.60. The van der Waals surface area contributed by atoms with E-state index in [0.29, 0.717) is 0 Å². The molecule has 1 aromatic heterocycles. The number of anilines is 1. The van der Waals surface area contributed by atoms with E-state index >= 15 is 0 Å². The van der Waals surface area contributed by atoms with Crippen molar-refractivity contribution >= 4 is 27.6 Å². The van der Waals surface area contributed by atoms with Gasteiger partial charge in [-0.2, -0.15) is 0 Å². The summed E-state index contributed by atoms with van der Waals surface area (Å²) in [4.78, 5) is 14.8. The summed E-state index contributed by atoms with van der Waals surface area (Å²) in [7, 11) is 1.20. The number of pyridine rings is 1. The molecular weight excluding hydrogens is 255 g/mol. The maximum atomic E-state index is 13.2. The van der Waals surface area contributed by atoms with Gasteiger partial charge in [0.1, 0.15) is 4.60 Å². The summed E-state index contributed by atoms with van der Waals surface area (Å²) in [6, 6.07) is 0. The minimum atomic E-state index is -0.689. The molecule has 0 radical (unpaired) electrons. The van der Waals surface area contributed by atoms with E-state index in [9.17, 15) is 9.18 Å². The van der Waals surface area contributed by atoms with Gasteiger partial charge in [-0.05, 0) is 22.9 Å². The number of halogens is 2. The molecule has 0 aromatic carbocycles. The average molecular weight is 263 g/mol. The van der Waals surface area contributed by atoms with Crippen LogP contribution in [0.5, 0.6) is 0 Å². The molecule has 0 saturated heterocycles. The van der Waals surface area contributed by atoms with Crippen LogP contribution in [-0.4, -0.2) is 18.1 Å². The van der Waals surface area contributed by atoms with Crippen LogP contribution in [0.2, 0.25) is 0 Å². The first-order valence-electron chi connectivity index (χ1n) is 3.68. The fraction of sp³-hybridized carbons (Fsp3) is 0.250. The van der Waals surface area contributed by atoms with Gasteiger partial charge in [-0.3, -0.25) is 0 Å². The summed E-state index contributed by atoms with van der Waals surface area (Å²) >= 11 is 2.88. The summed E-state index contributed by atoms with van der Waals surface area (Å²) in [5, 5.41) is 0. The first kappa shape index (κ1) is 10.9. The monoisotopic (exact) mass is 262 g/mol. The molecule has 14 heavy (non-hydrogen) atoms. The number of hydrogen-bond donors (Lipinski definition) is 1. The molecule has 2 N–H and O–H groups in total. The highest BCUT2D eigenvalue weighted by atomic mass is 79.9. The zero-order valence-corrected chi connectivity index (χ0v) is 9.18. The van der Waals surface area contributed by atoms with Crippen molar-refractivity contribution in [2.45, 2.75) is 6.92 Å². The normalized spacial score (nSPS) is 10.0. The summed E-state index contributed by atoms with van der Waals surface area (Å²) < 4.78 is 17.6. The topological polar surface area (TPSA) is 65.2 Å². The third-order valence-electron chi connectivity index (χ3n) is 1.76. The quantitative estimate of drug-likeness (QED) is 0.618. The molecule has 0 aliphatic carbocycles. The van der Waals surface area contributed by atoms with Crippen LogP contribution in [0.25, 0.3) is 0 Å². The van der Waals surface area contributed by atoms with E-state index in [-0.39, 0.29) is 21.5 Å². The van der Waals surface area contributed by atoms with Crippen molar-refractivity contribution in [2.24, 2.45) is 0 Å². The summed E-state index contributed by atoms with van der Waals surface area (Å²) in [6.07, 6.45) is 0. The number of carbonyl (C=O) groups excluding carboxylic acids is 1. The van der Waals surface area contributed by atoms with E-state index in [1.54, 1.807) is 0 Å². The molecule has 0 atom stereocenters. The Morgan fingerprint density at radius 3 is 2.71 bits per heavy atom. The van der Waals surface area contributed by atoms with Crippen molar-refractivity contribution in [1.82, 2.24) is 4.98 Å². The number of esters is 1. The highest BCUT2D eigenvalue weighted by Gasteiger charge is 2.18. The SMILES string of the molecule is COC(=O)c1nc(Br)c(F)c(C)c1N. The standard InChI is InChI=1S/C8H8BrFN2O2/c1-3-4(10)7(9)12-6(5(3)11)8(13)14-2/h11H2,1-2H3. The van der Waals surface area contributed by atoms with E-state index in [1.807, 2.05) is 0 Å². The van der Waals surface area contributed by atoms with Gasteiger partial charge in [-0.25, -0.2) is 14.2 Å². The lowest BCUT2D eigenvalue weighted by molar-refractivity contribution is 0.0595. The molecule has 0 aliphatic rings. The number of methoxy groups -OCH3 is 1. The second-order valence-electron chi connectivity index (χ2n) is 2.60. The third kappa shape index (κ3) is 1.70. The second-order valence-corrected chi connectivity index (χ2v) is 3.35. The maximum Gasteiger partial charge on any atom is 0.358 e. The van der Waals surface area contributed by atoms with Gasteiger partial charge in [-0.1, -0.05) is 0 Å². The first-order chi connectivity index (χ1) is 6.49. The molecule has 0 spiro atoms. The van der Waals surface area contributed by atoms with E-state index in [1.165, 1.54) is 14.0 Å². The van der Waals surface area contributed by atoms with Crippen LogP contribution in [0.4, 0.5) is 10.1 Å². The first-order valence-corrected chi connectivity index (χ1v) is 4.47. The van der Waals surface area contributed by atoms with Crippen molar-refractivity contribution < 1.29 is 13.9 Å². The number of carbonyl (C=O) groups is 1. The minimum Gasteiger partial charge on any atom is -0.464 e. The zero-order chi connectivity index (χ0) is 10.9. The number of aromatic nitrogens is 1. The van der Waals surface area contributed by atoms with Crippen LogP contribution in [0, 0.1) is 12.7 Å². The van der Waals surface area contributed by atoms with Crippen molar-refractivity contribution in [1.29, 1.82) is 0 Å². The molecule has 76 valence electrons.